The smallest absolute Gasteiger partial charge is 0.191 e. The Labute approximate surface area is 175 Å². The maximum absolute atomic E-state index is 5.98. The highest BCUT2D eigenvalue weighted by atomic mass is 79.9. The minimum Gasteiger partial charge on any atom is -0.488 e. The molecule has 0 saturated carbocycles. The van der Waals surface area contributed by atoms with Crippen LogP contribution in [0.2, 0.25) is 0 Å². The van der Waals surface area contributed by atoms with Crippen LogP contribution in [0.1, 0.15) is 25.0 Å². The Bertz CT molecular complexity index is 769. The van der Waals surface area contributed by atoms with Crippen LogP contribution in [0.4, 0.5) is 0 Å². The van der Waals surface area contributed by atoms with Crippen molar-refractivity contribution < 1.29 is 9.47 Å². The van der Waals surface area contributed by atoms with Crippen molar-refractivity contribution in [2.75, 3.05) is 26.7 Å². The number of rotatable bonds is 7. The van der Waals surface area contributed by atoms with Crippen LogP contribution in [0.25, 0.3) is 0 Å². The molecule has 2 N–H and O–H groups in total. The maximum atomic E-state index is 5.98. The second-order valence-corrected chi connectivity index (χ2v) is 7.80. The number of nitrogens with one attached hydrogen (secondary N) is 2. The predicted molar refractivity (Wildman–Crippen MR) is 117 cm³/mol. The van der Waals surface area contributed by atoms with Crippen molar-refractivity contribution in [1.82, 2.24) is 10.6 Å². The molecule has 28 heavy (non-hydrogen) atoms. The zero-order valence-electron chi connectivity index (χ0n) is 16.4. The Kier molecular flexibility index (Phi) is 7.74. The van der Waals surface area contributed by atoms with Crippen LogP contribution in [0, 0.1) is 5.92 Å². The summed E-state index contributed by atoms with van der Waals surface area (Å²) in [4.78, 5) is 4.33. The molecule has 3 unspecified atom stereocenters. The van der Waals surface area contributed by atoms with Crippen molar-refractivity contribution in [1.29, 1.82) is 0 Å². The lowest BCUT2D eigenvalue weighted by Gasteiger charge is -2.22. The van der Waals surface area contributed by atoms with E-state index in [0.717, 1.165) is 35.8 Å². The van der Waals surface area contributed by atoms with Crippen LogP contribution in [-0.2, 0) is 4.74 Å². The van der Waals surface area contributed by atoms with E-state index >= 15 is 0 Å². The van der Waals surface area contributed by atoms with Crippen molar-refractivity contribution in [2.45, 2.75) is 25.6 Å². The topological polar surface area (TPSA) is 54.9 Å². The Balaban J connectivity index is 1.46. The lowest BCUT2D eigenvalue weighted by molar-refractivity contribution is 0.0915. The predicted octanol–water partition coefficient (Wildman–Crippen LogP) is 4.16. The summed E-state index contributed by atoms with van der Waals surface area (Å²) in [5.74, 6) is 2.05. The lowest BCUT2D eigenvalue weighted by atomic mass is 9.95. The first-order chi connectivity index (χ1) is 13.7. The van der Waals surface area contributed by atoms with Gasteiger partial charge in [-0.05, 0) is 47.0 Å². The molecule has 1 fully saturated rings. The zero-order chi connectivity index (χ0) is 19.8. The van der Waals surface area contributed by atoms with E-state index < -0.39 is 0 Å². The van der Waals surface area contributed by atoms with Crippen LogP contribution >= 0.6 is 15.9 Å². The first-order valence-corrected chi connectivity index (χ1v) is 10.5. The van der Waals surface area contributed by atoms with E-state index in [-0.39, 0.29) is 12.2 Å². The van der Waals surface area contributed by atoms with E-state index in [9.17, 15) is 0 Å². The summed E-state index contributed by atoms with van der Waals surface area (Å²) < 4.78 is 12.9. The summed E-state index contributed by atoms with van der Waals surface area (Å²) in [6.45, 7) is 4.31. The standard InChI is InChI=1S/C22H28BrN3O2/c1-16(28-20-11-7-6-10-19(20)23)14-25-22(24-2)26-15-18-12-13-27-21(18)17-8-4-3-5-9-17/h3-11,16,18,21H,12-15H2,1-2H3,(H2,24,25,26). The molecular formula is C22H28BrN3O2. The van der Waals surface area contributed by atoms with E-state index in [0.29, 0.717) is 12.5 Å². The number of guanidine groups is 1. The zero-order valence-corrected chi connectivity index (χ0v) is 18.0. The Morgan fingerprint density at radius 3 is 2.68 bits per heavy atom. The van der Waals surface area contributed by atoms with Gasteiger partial charge in [-0.3, -0.25) is 4.99 Å². The lowest BCUT2D eigenvalue weighted by Crippen LogP contribution is -2.43. The molecule has 0 bridgehead atoms. The molecular weight excluding hydrogens is 418 g/mol. The Morgan fingerprint density at radius 2 is 1.93 bits per heavy atom. The number of para-hydroxylation sites is 1. The van der Waals surface area contributed by atoms with Crippen molar-refractivity contribution in [3.8, 4) is 5.75 Å². The molecule has 150 valence electrons. The van der Waals surface area contributed by atoms with Gasteiger partial charge in [0.1, 0.15) is 11.9 Å². The summed E-state index contributed by atoms with van der Waals surface area (Å²) in [6.07, 6.45) is 1.19. The third-order valence-corrected chi connectivity index (χ3v) is 5.47. The minimum atomic E-state index is 0.00383. The third kappa shape index (κ3) is 5.72. The fourth-order valence-corrected chi connectivity index (χ4v) is 3.72. The summed E-state index contributed by atoms with van der Waals surface area (Å²) in [5.41, 5.74) is 1.24. The first-order valence-electron chi connectivity index (χ1n) is 9.69. The first kappa shape index (κ1) is 20.7. The number of hydrogen-bond acceptors (Lipinski definition) is 3. The van der Waals surface area contributed by atoms with Gasteiger partial charge >= 0.3 is 0 Å². The SMILES string of the molecule is CN=C(NCC(C)Oc1ccccc1Br)NCC1CCOC1c1ccccc1. The Morgan fingerprint density at radius 1 is 1.18 bits per heavy atom. The monoisotopic (exact) mass is 445 g/mol. The molecule has 1 saturated heterocycles. The second kappa shape index (κ2) is 10.5. The largest absolute Gasteiger partial charge is 0.488 e. The molecule has 0 aliphatic carbocycles. The highest BCUT2D eigenvalue weighted by Crippen LogP contribution is 2.33. The van der Waals surface area contributed by atoms with Gasteiger partial charge < -0.3 is 20.1 Å². The van der Waals surface area contributed by atoms with E-state index in [1.54, 1.807) is 7.05 Å². The molecule has 1 heterocycles. The van der Waals surface area contributed by atoms with Crippen LogP contribution in [-0.4, -0.2) is 38.8 Å². The van der Waals surface area contributed by atoms with Crippen molar-refractivity contribution in [3.05, 3.63) is 64.6 Å². The molecule has 1 aliphatic heterocycles. The summed E-state index contributed by atoms with van der Waals surface area (Å²) in [7, 11) is 1.79. The fourth-order valence-electron chi connectivity index (χ4n) is 3.34. The van der Waals surface area contributed by atoms with E-state index in [1.807, 2.05) is 37.3 Å². The molecule has 0 aromatic heterocycles. The quantitative estimate of drug-likeness (QED) is 0.496. The van der Waals surface area contributed by atoms with Gasteiger partial charge in [0.2, 0.25) is 0 Å². The summed E-state index contributed by atoms with van der Waals surface area (Å²) >= 11 is 3.51. The number of benzene rings is 2. The van der Waals surface area contributed by atoms with Crippen LogP contribution in [0.15, 0.2) is 64.1 Å². The summed E-state index contributed by atoms with van der Waals surface area (Å²) in [6, 6.07) is 18.3. The molecule has 0 radical (unpaired) electrons. The second-order valence-electron chi connectivity index (χ2n) is 6.94. The number of nitrogens with zero attached hydrogens (tertiary/aromatic N) is 1. The van der Waals surface area contributed by atoms with Gasteiger partial charge in [0.15, 0.2) is 5.96 Å². The van der Waals surface area contributed by atoms with Gasteiger partial charge in [-0.15, -0.1) is 0 Å². The molecule has 3 atom stereocenters. The van der Waals surface area contributed by atoms with E-state index in [2.05, 4.69) is 55.8 Å². The van der Waals surface area contributed by atoms with E-state index in [4.69, 9.17) is 9.47 Å². The van der Waals surface area contributed by atoms with Crippen molar-refractivity contribution in [3.63, 3.8) is 0 Å². The number of ether oxygens (including phenoxy) is 2. The minimum absolute atomic E-state index is 0.00383. The third-order valence-electron chi connectivity index (χ3n) is 4.82. The highest BCUT2D eigenvalue weighted by Gasteiger charge is 2.29. The molecule has 2 aromatic rings. The van der Waals surface area contributed by atoms with Crippen LogP contribution in [0.5, 0.6) is 5.75 Å². The van der Waals surface area contributed by atoms with E-state index in [1.165, 1.54) is 5.56 Å². The van der Waals surface area contributed by atoms with Crippen LogP contribution < -0.4 is 15.4 Å². The molecule has 1 aliphatic rings. The molecule has 5 nitrogen and oxygen atoms in total. The average Bonchev–Trinajstić information content (AvgIpc) is 3.19. The Hall–Kier alpha value is -2.05. The fraction of sp³-hybridized carbons (Fsp3) is 0.409. The number of hydrogen-bond donors (Lipinski definition) is 2. The van der Waals surface area contributed by atoms with Crippen molar-refractivity contribution in [2.24, 2.45) is 10.9 Å². The van der Waals surface area contributed by atoms with Gasteiger partial charge in [0, 0.05) is 26.1 Å². The normalized spacial score (nSPS) is 20.6. The maximum Gasteiger partial charge on any atom is 0.191 e. The van der Waals surface area contributed by atoms with Gasteiger partial charge in [0.05, 0.1) is 17.1 Å². The molecule has 6 heteroatoms. The van der Waals surface area contributed by atoms with Crippen molar-refractivity contribution >= 4 is 21.9 Å². The van der Waals surface area contributed by atoms with Crippen LogP contribution in [0.3, 0.4) is 0 Å². The summed E-state index contributed by atoms with van der Waals surface area (Å²) in [5, 5.41) is 6.78. The van der Waals surface area contributed by atoms with Gasteiger partial charge in [0.25, 0.3) is 0 Å². The average molecular weight is 446 g/mol. The van der Waals surface area contributed by atoms with Gasteiger partial charge in [-0.25, -0.2) is 0 Å². The van der Waals surface area contributed by atoms with Gasteiger partial charge in [-0.1, -0.05) is 42.5 Å². The highest BCUT2D eigenvalue weighted by molar-refractivity contribution is 9.10. The molecule has 0 amide bonds. The molecule has 3 rings (SSSR count). The number of halogens is 1. The molecule has 0 spiro atoms. The van der Waals surface area contributed by atoms with Gasteiger partial charge in [-0.2, -0.15) is 0 Å². The molecule has 2 aromatic carbocycles. The number of aliphatic imine (C=N–C) groups is 1.